The lowest BCUT2D eigenvalue weighted by molar-refractivity contribution is -0.139. The molecule has 1 aliphatic rings. The molecule has 0 spiro atoms. The van der Waals surface area contributed by atoms with Crippen molar-refractivity contribution in [2.45, 2.75) is 24.7 Å². The van der Waals surface area contributed by atoms with Crippen molar-refractivity contribution in [2.24, 2.45) is 0 Å². The van der Waals surface area contributed by atoms with Crippen LogP contribution in [0.3, 0.4) is 0 Å². The highest BCUT2D eigenvalue weighted by Gasteiger charge is 2.34. The zero-order chi connectivity index (χ0) is 24.1. The van der Waals surface area contributed by atoms with E-state index in [1.54, 1.807) is 31.2 Å². The number of carbonyl (C=O) groups is 2. The Morgan fingerprint density at radius 2 is 1.88 bits per heavy atom. The molecule has 0 radical (unpaired) electrons. The van der Waals surface area contributed by atoms with Crippen molar-refractivity contribution in [3.05, 3.63) is 92.5 Å². The number of urea groups is 1. The summed E-state index contributed by atoms with van der Waals surface area (Å²) in [6.07, 6.45) is 0. The van der Waals surface area contributed by atoms with E-state index in [1.165, 1.54) is 16.3 Å². The van der Waals surface area contributed by atoms with Crippen molar-refractivity contribution in [3.63, 3.8) is 0 Å². The van der Waals surface area contributed by atoms with Gasteiger partial charge in [0.2, 0.25) is 0 Å². The van der Waals surface area contributed by atoms with Crippen molar-refractivity contribution in [2.75, 3.05) is 12.4 Å². The van der Waals surface area contributed by atoms with Crippen LogP contribution in [0.15, 0.2) is 75.8 Å². The Hall–Kier alpha value is -3.50. The number of ether oxygens (including phenoxy) is 1. The van der Waals surface area contributed by atoms with Gasteiger partial charge in [0.1, 0.15) is 0 Å². The minimum absolute atomic E-state index is 0.181. The Labute approximate surface area is 204 Å². The predicted octanol–water partition coefficient (Wildman–Crippen LogP) is 3.24. The van der Waals surface area contributed by atoms with Crippen LogP contribution in [0.2, 0.25) is 5.02 Å². The van der Waals surface area contributed by atoms with Crippen LogP contribution in [-0.4, -0.2) is 39.1 Å². The normalized spacial score (nSPS) is 15.6. The maximum Gasteiger partial charge on any atom is 0.344 e. The zero-order valence-electron chi connectivity index (χ0n) is 18.2. The van der Waals surface area contributed by atoms with Gasteiger partial charge in [-0.3, -0.25) is 4.57 Å². The number of H-pyrrole nitrogens is 1. The fourth-order valence-corrected chi connectivity index (χ4v) is 4.58. The van der Waals surface area contributed by atoms with Gasteiger partial charge < -0.3 is 15.4 Å². The standard InChI is InChI=1S/C23H22ClN5O4S/c1-2-33-20(30)18-17(25-21(31)26-19(18)15-8-10-16(24)11-9-15)13-34-23-28-27-22(32)29(23)12-14-6-4-3-5-7-14/h3-11,19H,2,12-13H2,1H3,(H,27,32)(H2,25,26,31). The Bertz CT molecular complexity index is 1270. The van der Waals surface area contributed by atoms with Crippen molar-refractivity contribution in [3.8, 4) is 0 Å². The first kappa shape index (κ1) is 23.7. The molecule has 9 nitrogen and oxygen atoms in total. The molecule has 11 heteroatoms. The monoisotopic (exact) mass is 499 g/mol. The number of benzene rings is 2. The van der Waals surface area contributed by atoms with Crippen molar-refractivity contribution in [1.82, 2.24) is 25.4 Å². The lowest BCUT2D eigenvalue weighted by atomic mass is 9.95. The first-order valence-corrected chi connectivity index (χ1v) is 11.9. The minimum atomic E-state index is -0.716. The molecule has 176 valence electrons. The lowest BCUT2D eigenvalue weighted by Gasteiger charge is -2.29. The topological polar surface area (TPSA) is 118 Å². The second-order valence-electron chi connectivity index (χ2n) is 7.37. The van der Waals surface area contributed by atoms with Crippen molar-refractivity contribution >= 4 is 35.4 Å². The third kappa shape index (κ3) is 5.35. The molecule has 0 saturated carbocycles. The number of esters is 1. The van der Waals surface area contributed by atoms with E-state index in [2.05, 4.69) is 20.8 Å². The second kappa shape index (κ2) is 10.6. The number of aromatic amines is 1. The van der Waals surface area contributed by atoms with Gasteiger partial charge in [-0.2, -0.15) is 0 Å². The molecule has 1 aromatic heterocycles. The van der Waals surface area contributed by atoms with Crippen LogP contribution in [0.1, 0.15) is 24.1 Å². The molecule has 2 aromatic carbocycles. The van der Waals surface area contributed by atoms with E-state index in [0.29, 0.717) is 28.0 Å². The SMILES string of the molecule is CCOC(=O)C1=C(CSc2n[nH]c(=O)n2Cc2ccccc2)NC(=O)NC1c1ccc(Cl)cc1. The molecule has 2 heterocycles. The van der Waals surface area contributed by atoms with Crippen LogP contribution in [0.5, 0.6) is 0 Å². The summed E-state index contributed by atoms with van der Waals surface area (Å²) >= 11 is 7.23. The third-order valence-electron chi connectivity index (χ3n) is 5.10. The molecule has 1 atom stereocenters. The van der Waals surface area contributed by atoms with Gasteiger partial charge in [-0.1, -0.05) is 65.8 Å². The molecule has 3 N–H and O–H groups in total. The highest BCUT2D eigenvalue weighted by atomic mass is 35.5. The summed E-state index contributed by atoms with van der Waals surface area (Å²) < 4.78 is 6.78. The summed E-state index contributed by atoms with van der Waals surface area (Å²) in [4.78, 5) is 37.7. The van der Waals surface area contributed by atoms with E-state index in [1.807, 2.05) is 30.3 Å². The molecule has 0 aliphatic carbocycles. The largest absolute Gasteiger partial charge is 0.463 e. The number of amides is 2. The van der Waals surface area contributed by atoms with Crippen molar-refractivity contribution in [1.29, 1.82) is 0 Å². The fraction of sp³-hybridized carbons (Fsp3) is 0.217. The van der Waals surface area contributed by atoms with Crippen LogP contribution in [0.25, 0.3) is 0 Å². The number of halogens is 1. The van der Waals surface area contributed by atoms with Gasteiger partial charge in [-0.15, -0.1) is 5.10 Å². The number of hydrogen-bond acceptors (Lipinski definition) is 6. The van der Waals surface area contributed by atoms with E-state index < -0.39 is 18.0 Å². The maximum atomic E-state index is 12.9. The van der Waals surface area contributed by atoms with Crippen LogP contribution < -0.4 is 16.3 Å². The fourth-order valence-electron chi connectivity index (χ4n) is 3.54. The summed E-state index contributed by atoms with van der Waals surface area (Å²) in [5.74, 6) is -0.362. The molecule has 34 heavy (non-hydrogen) atoms. The number of nitrogens with zero attached hydrogens (tertiary/aromatic N) is 2. The quantitative estimate of drug-likeness (QED) is 0.323. The number of aromatic nitrogens is 3. The van der Waals surface area contributed by atoms with E-state index >= 15 is 0 Å². The van der Waals surface area contributed by atoms with Crippen LogP contribution >= 0.6 is 23.4 Å². The third-order valence-corrected chi connectivity index (χ3v) is 6.36. The molecule has 1 aliphatic heterocycles. The zero-order valence-corrected chi connectivity index (χ0v) is 19.8. The van der Waals surface area contributed by atoms with Gasteiger partial charge in [-0.25, -0.2) is 19.5 Å². The van der Waals surface area contributed by atoms with E-state index in [-0.39, 0.29) is 23.6 Å². The van der Waals surface area contributed by atoms with E-state index in [0.717, 1.165) is 5.56 Å². The summed E-state index contributed by atoms with van der Waals surface area (Å²) in [6.45, 7) is 2.23. The average molecular weight is 500 g/mol. The summed E-state index contributed by atoms with van der Waals surface area (Å²) in [5.41, 5.74) is 1.94. The molecular formula is C23H22ClN5O4S. The van der Waals surface area contributed by atoms with Gasteiger partial charge in [0.15, 0.2) is 5.16 Å². The number of rotatable bonds is 8. The van der Waals surface area contributed by atoms with Crippen LogP contribution in [0.4, 0.5) is 4.79 Å². The van der Waals surface area contributed by atoms with Crippen LogP contribution in [-0.2, 0) is 16.1 Å². The predicted molar refractivity (Wildman–Crippen MR) is 129 cm³/mol. The van der Waals surface area contributed by atoms with E-state index in [9.17, 15) is 14.4 Å². The molecule has 0 bridgehead atoms. The molecule has 4 rings (SSSR count). The molecule has 0 saturated heterocycles. The van der Waals surface area contributed by atoms with Gasteiger partial charge in [0.05, 0.1) is 24.8 Å². The Kier molecular flexibility index (Phi) is 7.39. The Morgan fingerprint density at radius 1 is 1.15 bits per heavy atom. The first-order valence-electron chi connectivity index (χ1n) is 10.5. The number of thioether (sulfide) groups is 1. The van der Waals surface area contributed by atoms with Gasteiger partial charge >= 0.3 is 17.7 Å². The average Bonchev–Trinajstić information content (AvgIpc) is 3.17. The molecule has 2 amide bonds. The van der Waals surface area contributed by atoms with Gasteiger partial charge in [-0.05, 0) is 30.2 Å². The van der Waals surface area contributed by atoms with Crippen molar-refractivity contribution < 1.29 is 14.3 Å². The number of hydrogen-bond donors (Lipinski definition) is 3. The highest BCUT2D eigenvalue weighted by Crippen LogP contribution is 2.31. The van der Waals surface area contributed by atoms with Gasteiger partial charge in [0.25, 0.3) is 0 Å². The van der Waals surface area contributed by atoms with Gasteiger partial charge in [0, 0.05) is 16.5 Å². The summed E-state index contributed by atoms with van der Waals surface area (Å²) in [6, 6.07) is 15.2. The summed E-state index contributed by atoms with van der Waals surface area (Å²) in [7, 11) is 0. The second-order valence-corrected chi connectivity index (χ2v) is 8.75. The summed E-state index contributed by atoms with van der Waals surface area (Å²) in [5, 5.41) is 13.0. The molecule has 1 unspecified atom stereocenters. The van der Waals surface area contributed by atoms with Crippen LogP contribution in [0, 0.1) is 0 Å². The first-order chi connectivity index (χ1) is 16.5. The molecular weight excluding hydrogens is 478 g/mol. The smallest absolute Gasteiger partial charge is 0.344 e. The van der Waals surface area contributed by atoms with E-state index in [4.69, 9.17) is 16.3 Å². The highest BCUT2D eigenvalue weighted by molar-refractivity contribution is 7.99. The maximum absolute atomic E-state index is 12.9. The molecule has 3 aromatic rings. The lowest BCUT2D eigenvalue weighted by Crippen LogP contribution is -2.46. The Morgan fingerprint density at radius 3 is 2.59 bits per heavy atom. The number of nitrogens with one attached hydrogen (secondary N) is 3. The minimum Gasteiger partial charge on any atom is -0.463 e. The molecule has 0 fully saturated rings. The number of carbonyl (C=O) groups excluding carboxylic acids is 2. The Balaban J connectivity index is 1.65.